The molecule has 0 spiro atoms. The Hall–Kier alpha value is -2.24. The summed E-state index contributed by atoms with van der Waals surface area (Å²) in [7, 11) is 0. The molecule has 6 nitrogen and oxygen atoms in total. The first-order valence-corrected chi connectivity index (χ1v) is 8.91. The van der Waals surface area contributed by atoms with E-state index in [1.165, 1.54) is 0 Å². The first-order valence-electron chi connectivity index (χ1n) is 8.91. The van der Waals surface area contributed by atoms with E-state index in [9.17, 15) is 4.79 Å². The Morgan fingerprint density at radius 1 is 1.08 bits per heavy atom. The van der Waals surface area contributed by atoms with Gasteiger partial charge in [0.25, 0.3) is 5.56 Å². The minimum atomic E-state index is -0.0637. The van der Waals surface area contributed by atoms with Crippen LogP contribution in [0.25, 0.3) is 0 Å². The molecule has 1 fully saturated rings. The lowest BCUT2D eigenvalue weighted by Gasteiger charge is -2.34. The first-order chi connectivity index (χ1) is 11.8. The Morgan fingerprint density at radius 3 is 2.40 bits per heavy atom. The lowest BCUT2D eigenvalue weighted by atomic mass is 9.92. The normalized spacial score (nSPS) is 16.3. The quantitative estimate of drug-likeness (QED) is 0.840. The molecule has 6 heteroatoms. The Kier molecular flexibility index (Phi) is 4.62. The number of aromatic nitrogens is 4. The number of aryl methyl sites for hydroxylation is 1. The second-order valence-corrected chi connectivity index (χ2v) is 7.88. The van der Waals surface area contributed by atoms with Gasteiger partial charge < -0.3 is 4.90 Å². The van der Waals surface area contributed by atoms with Crippen molar-refractivity contribution in [2.75, 3.05) is 18.0 Å². The van der Waals surface area contributed by atoms with E-state index in [0.717, 1.165) is 48.7 Å². The molecule has 0 amide bonds. The predicted molar refractivity (Wildman–Crippen MR) is 99.2 cm³/mol. The van der Waals surface area contributed by atoms with Crippen LogP contribution in [-0.4, -0.2) is 32.8 Å². The number of piperidine rings is 1. The summed E-state index contributed by atoms with van der Waals surface area (Å²) in [6.45, 7) is 12.2. The summed E-state index contributed by atoms with van der Waals surface area (Å²) in [5, 5.41) is 4.66. The van der Waals surface area contributed by atoms with Crippen molar-refractivity contribution in [3.05, 3.63) is 45.8 Å². The van der Waals surface area contributed by atoms with Gasteiger partial charge in [0.2, 0.25) is 0 Å². The smallest absolute Gasteiger partial charge is 0.267 e. The predicted octanol–water partition coefficient (Wildman–Crippen LogP) is 2.79. The molecule has 2 aromatic heterocycles. The molecule has 1 saturated heterocycles. The zero-order valence-electron chi connectivity index (χ0n) is 15.8. The number of rotatable bonds is 2. The molecule has 3 rings (SSSR count). The third-order valence-corrected chi connectivity index (χ3v) is 5.01. The van der Waals surface area contributed by atoms with E-state index < -0.39 is 0 Å². The number of hydrogen-bond donors (Lipinski definition) is 0. The first kappa shape index (κ1) is 17.6. The molecule has 25 heavy (non-hydrogen) atoms. The van der Waals surface area contributed by atoms with Crippen molar-refractivity contribution < 1.29 is 0 Å². The Bertz CT molecular complexity index is 813. The zero-order chi connectivity index (χ0) is 18.2. The lowest BCUT2D eigenvalue weighted by Crippen LogP contribution is -2.39. The fraction of sp³-hybridized carbons (Fsp3) is 0.579. The highest BCUT2D eigenvalue weighted by Gasteiger charge is 2.25. The number of hydrogen-bond acceptors (Lipinski definition) is 5. The van der Waals surface area contributed by atoms with Crippen LogP contribution in [-0.2, 0) is 5.41 Å². The van der Waals surface area contributed by atoms with E-state index in [-0.39, 0.29) is 17.0 Å². The van der Waals surface area contributed by atoms with Gasteiger partial charge in [0.1, 0.15) is 12.1 Å². The van der Waals surface area contributed by atoms with Gasteiger partial charge >= 0.3 is 0 Å². The molecule has 0 bridgehead atoms. The molecule has 0 atom stereocenters. The molecule has 134 valence electrons. The van der Waals surface area contributed by atoms with E-state index in [4.69, 9.17) is 0 Å². The maximum absolute atomic E-state index is 12.3. The highest BCUT2D eigenvalue weighted by Crippen LogP contribution is 2.27. The van der Waals surface area contributed by atoms with Gasteiger partial charge in [0, 0.05) is 35.8 Å². The largest absolute Gasteiger partial charge is 0.356 e. The molecular formula is C19H27N5O. The van der Waals surface area contributed by atoms with Crippen LogP contribution in [0.5, 0.6) is 0 Å². The summed E-state index contributed by atoms with van der Waals surface area (Å²) in [4.78, 5) is 23.3. The van der Waals surface area contributed by atoms with Crippen LogP contribution in [0.1, 0.15) is 56.6 Å². The average Bonchev–Trinajstić information content (AvgIpc) is 2.57. The van der Waals surface area contributed by atoms with Crippen LogP contribution in [0, 0.1) is 13.8 Å². The van der Waals surface area contributed by atoms with Crippen LogP contribution in [0.15, 0.2) is 23.3 Å². The van der Waals surface area contributed by atoms with Crippen LogP contribution in [0.2, 0.25) is 0 Å². The molecule has 0 radical (unpaired) electrons. The maximum Gasteiger partial charge on any atom is 0.267 e. The van der Waals surface area contributed by atoms with Gasteiger partial charge in [-0.25, -0.2) is 14.6 Å². The van der Waals surface area contributed by atoms with E-state index in [2.05, 4.69) is 47.7 Å². The van der Waals surface area contributed by atoms with Crippen molar-refractivity contribution >= 4 is 5.82 Å². The zero-order valence-corrected chi connectivity index (χ0v) is 15.8. The standard InChI is InChI=1S/C19H27N5O/c1-13-14(2)20-12-21-18(13)23-10-8-15(9-11-23)24-17(25)7-6-16(22-24)19(3,4)5/h6-7,12,15H,8-11H2,1-5H3. The second-order valence-electron chi connectivity index (χ2n) is 7.88. The van der Waals surface area contributed by atoms with Crippen LogP contribution in [0.4, 0.5) is 5.82 Å². The molecule has 0 aliphatic carbocycles. The summed E-state index contributed by atoms with van der Waals surface area (Å²) < 4.78 is 1.69. The van der Waals surface area contributed by atoms with Crippen molar-refractivity contribution in [3.63, 3.8) is 0 Å². The van der Waals surface area contributed by atoms with Crippen molar-refractivity contribution in [2.45, 2.75) is 58.9 Å². The molecule has 1 aliphatic heterocycles. The van der Waals surface area contributed by atoms with E-state index >= 15 is 0 Å². The summed E-state index contributed by atoms with van der Waals surface area (Å²) in [5.41, 5.74) is 3.03. The molecule has 1 aliphatic rings. The highest BCUT2D eigenvalue weighted by atomic mass is 16.1. The van der Waals surface area contributed by atoms with Gasteiger partial charge in [-0.1, -0.05) is 20.8 Å². The molecule has 0 N–H and O–H groups in total. The van der Waals surface area contributed by atoms with Gasteiger partial charge in [0.15, 0.2) is 0 Å². The molecule has 3 heterocycles. The van der Waals surface area contributed by atoms with Gasteiger partial charge in [-0.15, -0.1) is 0 Å². The Labute approximate surface area is 148 Å². The molecular weight excluding hydrogens is 314 g/mol. The SMILES string of the molecule is Cc1ncnc(N2CCC(n3nc(C(C)(C)C)ccc3=O)CC2)c1C. The van der Waals surface area contributed by atoms with E-state index in [1.807, 2.05) is 13.0 Å². The van der Waals surface area contributed by atoms with Gasteiger partial charge in [-0.2, -0.15) is 5.10 Å². The van der Waals surface area contributed by atoms with Gasteiger partial charge in [-0.3, -0.25) is 4.79 Å². The molecule has 0 saturated carbocycles. The minimum Gasteiger partial charge on any atom is -0.356 e. The average molecular weight is 341 g/mol. The van der Waals surface area contributed by atoms with Crippen molar-refractivity contribution in [1.82, 2.24) is 19.7 Å². The molecule has 0 aromatic carbocycles. The van der Waals surface area contributed by atoms with Crippen molar-refractivity contribution in [3.8, 4) is 0 Å². The highest BCUT2D eigenvalue weighted by molar-refractivity contribution is 5.47. The summed E-state index contributed by atoms with van der Waals surface area (Å²) in [6, 6.07) is 3.65. The third-order valence-electron chi connectivity index (χ3n) is 5.01. The fourth-order valence-electron chi connectivity index (χ4n) is 3.25. The summed E-state index contributed by atoms with van der Waals surface area (Å²) in [5.74, 6) is 1.01. The number of anilines is 1. The lowest BCUT2D eigenvalue weighted by molar-refractivity contribution is 0.343. The summed E-state index contributed by atoms with van der Waals surface area (Å²) in [6.07, 6.45) is 3.41. The van der Waals surface area contributed by atoms with Crippen molar-refractivity contribution in [1.29, 1.82) is 0 Å². The Balaban J connectivity index is 1.79. The van der Waals surface area contributed by atoms with Crippen LogP contribution >= 0.6 is 0 Å². The minimum absolute atomic E-state index is 0.0134. The maximum atomic E-state index is 12.3. The molecule has 0 unspecified atom stereocenters. The second kappa shape index (κ2) is 6.58. The van der Waals surface area contributed by atoms with Gasteiger partial charge in [0.05, 0.1) is 11.7 Å². The van der Waals surface area contributed by atoms with Crippen LogP contribution < -0.4 is 10.5 Å². The Morgan fingerprint density at radius 2 is 1.76 bits per heavy atom. The monoisotopic (exact) mass is 341 g/mol. The van der Waals surface area contributed by atoms with Crippen LogP contribution in [0.3, 0.4) is 0 Å². The van der Waals surface area contributed by atoms with Gasteiger partial charge in [-0.05, 0) is 32.8 Å². The van der Waals surface area contributed by atoms with Crippen molar-refractivity contribution in [2.24, 2.45) is 0 Å². The number of nitrogens with zero attached hydrogens (tertiary/aromatic N) is 5. The topological polar surface area (TPSA) is 63.9 Å². The fourth-order valence-corrected chi connectivity index (χ4v) is 3.25. The summed E-state index contributed by atoms with van der Waals surface area (Å²) >= 11 is 0. The molecule has 2 aromatic rings. The van der Waals surface area contributed by atoms with E-state index in [0.29, 0.717) is 0 Å². The van der Waals surface area contributed by atoms with E-state index in [1.54, 1.807) is 17.1 Å². The third kappa shape index (κ3) is 3.57.